The Morgan fingerprint density at radius 2 is 2.14 bits per heavy atom. The zero-order chi connectivity index (χ0) is 15.9. The molecule has 1 amide bonds. The Morgan fingerprint density at radius 3 is 2.86 bits per heavy atom. The first-order valence-electron chi connectivity index (χ1n) is 7.63. The van der Waals surface area contributed by atoms with Crippen molar-refractivity contribution in [3.8, 4) is 0 Å². The van der Waals surface area contributed by atoms with Gasteiger partial charge in [0.1, 0.15) is 5.69 Å². The molecule has 1 aromatic heterocycles. The molecule has 0 saturated carbocycles. The van der Waals surface area contributed by atoms with E-state index >= 15 is 0 Å². The monoisotopic (exact) mass is 300 g/mol. The fourth-order valence-corrected chi connectivity index (χ4v) is 2.95. The van der Waals surface area contributed by atoms with Gasteiger partial charge in [0.25, 0.3) is 5.91 Å². The van der Waals surface area contributed by atoms with Crippen LogP contribution in [-0.4, -0.2) is 29.6 Å². The summed E-state index contributed by atoms with van der Waals surface area (Å²) in [5.74, 6) is -0.0872. The van der Waals surface area contributed by atoms with E-state index in [1.54, 1.807) is 13.0 Å². The molecule has 1 aliphatic rings. The highest BCUT2D eigenvalue weighted by Gasteiger charge is 2.27. The van der Waals surface area contributed by atoms with Crippen molar-refractivity contribution in [1.82, 2.24) is 9.88 Å². The molecule has 0 saturated heterocycles. The number of aromatic nitrogens is 1. The lowest BCUT2D eigenvalue weighted by Gasteiger charge is -2.20. The van der Waals surface area contributed by atoms with Crippen LogP contribution in [-0.2, 0) is 4.74 Å². The van der Waals surface area contributed by atoms with Crippen molar-refractivity contribution in [3.63, 3.8) is 0 Å². The molecule has 0 fully saturated rings. The summed E-state index contributed by atoms with van der Waals surface area (Å²) in [6, 6.07) is 7.48. The van der Waals surface area contributed by atoms with E-state index in [0.29, 0.717) is 30.3 Å². The Bertz CT molecular complexity index is 748. The number of carbonyl (C=O) groups excluding carboxylic acids is 2. The maximum atomic E-state index is 12.3. The minimum atomic E-state index is -0.335. The summed E-state index contributed by atoms with van der Waals surface area (Å²) in [5.41, 5.74) is 2.06. The first-order chi connectivity index (χ1) is 10.5. The Labute approximate surface area is 129 Å². The van der Waals surface area contributed by atoms with Gasteiger partial charge >= 0.3 is 5.97 Å². The van der Waals surface area contributed by atoms with Gasteiger partial charge in [-0.3, -0.25) is 4.79 Å². The highest BCUT2D eigenvalue weighted by atomic mass is 16.5. The van der Waals surface area contributed by atoms with E-state index in [1.165, 1.54) is 0 Å². The number of hydrogen-bond donors (Lipinski definition) is 1. The number of amides is 1. The van der Waals surface area contributed by atoms with E-state index in [4.69, 9.17) is 4.74 Å². The van der Waals surface area contributed by atoms with Crippen molar-refractivity contribution < 1.29 is 14.3 Å². The van der Waals surface area contributed by atoms with E-state index in [-0.39, 0.29) is 17.9 Å². The number of rotatable bonds is 2. The Morgan fingerprint density at radius 1 is 1.36 bits per heavy atom. The number of carbonyl (C=O) groups is 2. The molecule has 2 atom stereocenters. The van der Waals surface area contributed by atoms with Crippen molar-refractivity contribution in [3.05, 3.63) is 35.5 Å². The molecule has 1 aliphatic heterocycles. The largest absolute Gasteiger partial charge is 0.462 e. The standard InChI is InChI=1S/C17H20N2O3/c1-4-22-17(21)13-6-5-12-7-15-16(20)18-9-10(2)11(3)19(15)14(12)8-13/h5-8,10-11H,4,9H2,1-3H3,(H,18,20)/t10?,11-/m1/s1. The summed E-state index contributed by atoms with van der Waals surface area (Å²) in [6.07, 6.45) is 0. The van der Waals surface area contributed by atoms with Crippen LogP contribution in [0.1, 0.15) is 47.7 Å². The van der Waals surface area contributed by atoms with Crippen LogP contribution in [0.25, 0.3) is 10.9 Å². The number of ether oxygens (including phenoxy) is 1. The summed E-state index contributed by atoms with van der Waals surface area (Å²) in [4.78, 5) is 24.2. The third-order valence-corrected chi connectivity index (χ3v) is 4.40. The lowest BCUT2D eigenvalue weighted by atomic mass is 10.0. The summed E-state index contributed by atoms with van der Waals surface area (Å²) < 4.78 is 7.10. The zero-order valence-corrected chi connectivity index (χ0v) is 13.1. The van der Waals surface area contributed by atoms with Crippen LogP contribution < -0.4 is 5.32 Å². The average molecular weight is 300 g/mol. The topological polar surface area (TPSA) is 60.3 Å². The van der Waals surface area contributed by atoms with E-state index < -0.39 is 0 Å². The molecule has 0 bridgehead atoms. The molecule has 3 rings (SSSR count). The Hall–Kier alpha value is -2.30. The SMILES string of the molecule is CCOC(=O)c1ccc2cc3n(c2c1)[C@H](C)C(C)CNC3=O. The summed E-state index contributed by atoms with van der Waals surface area (Å²) in [7, 11) is 0. The molecular weight excluding hydrogens is 280 g/mol. The van der Waals surface area contributed by atoms with Crippen LogP contribution in [0.5, 0.6) is 0 Å². The van der Waals surface area contributed by atoms with E-state index in [9.17, 15) is 9.59 Å². The molecule has 5 nitrogen and oxygen atoms in total. The first-order valence-corrected chi connectivity index (χ1v) is 7.63. The second-order valence-corrected chi connectivity index (χ2v) is 5.82. The van der Waals surface area contributed by atoms with Crippen molar-refractivity contribution in [2.45, 2.75) is 26.8 Å². The third-order valence-electron chi connectivity index (χ3n) is 4.40. The summed E-state index contributed by atoms with van der Waals surface area (Å²) in [6.45, 7) is 7.00. The predicted molar refractivity (Wildman–Crippen MR) is 84.1 cm³/mol. The van der Waals surface area contributed by atoms with Crippen LogP contribution in [0, 0.1) is 5.92 Å². The van der Waals surface area contributed by atoms with Crippen molar-refractivity contribution >= 4 is 22.8 Å². The van der Waals surface area contributed by atoms with E-state index in [1.807, 2.05) is 22.8 Å². The normalized spacial score (nSPS) is 21.1. The number of nitrogens with one attached hydrogen (secondary N) is 1. The van der Waals surface area contributed by atoms with Gasteiger partial charge in [0.05, 0.1) is 12.2 Å². The molecule has 1 unspecified atom stereocenters. The van der Waals surface area contributed by atoms with Gasteiger partial charge in [0, 0.05) is 23.5 Å². The van der Waals surface area contributed by atoms with Gasteiger partial charge in [-0.2, -0.15) is 0 Å². The van der Waals surface area contributed by atoms with Gasteiger partial charge in [-0.1, -0.05) is 13.0 Å². The van der Waals surface area contributed by atoms with Crippen LogP contribution in [0.15, 0.2) is 24.3 Å². The molecule has 2 heterocycles. The molecule has 22 heavy (non-hydrogen) atoms. The highest BCUT2D eigenvalue weighted by Crippen LogP contribution is 2.30. The maximum Gasteiger partial charge on any atom is 0.338 e. The second kappa shape index (κ2) is 5.48. The highest BCUT2D eigenvalue weighted by molar-refractivity contribution is 6.01. The van der Waals surface area contributed by atoms with Crippen molar-refractivity contribution in [1.29, 1.82) is 0 Å². The third kappa shape index (κ3) is 2.26. The second-order valence-electron chi connectivity index (χ2n) is 5.82. The quantitative estimate of drug-likeness (QED) is 0.868. The molecule has 2 aromatic rings. The minimum Gasteiger partial charge on any atom is -0.462 e. The Kier molecular flexibility index (Phi) is 3.64. The predicted octanol–water partition coefficient (Wildman–Crippen LogP) is 2.76. The Balaban J connectivity index is 2.18. The molecule has 1 aromatic carbocycles. The lowest BCUT2D eigenvalue weighted by Crippen LogP contribution is -2.26. The van der Waals surface area contributed by atoms with Crippen LogP contribution >= 0.6 is 0 Å². The minimum absolute atomic E-state index is 0.0647. The number of hydrogen-bond acceptors (Lipinski definition) is 3. The van der Waals surface area contributed by atoms with Gasteiger partial charge in [-0.15, -0.1) is 0 Å². The smallest absolute Gasteiger partial charge is 0.338 e. The van der Waals surface area contributed by atoms with Crippen molar-refractivity contribution in [2.24, 2.45) is 5.92 Å². The number of fused-ring (bicyclic) bond motifs is 3. The number of benzene rings is 1. The molecular formula is C17H20N2O3. The van der Waals surface area contributed by atoms with E-state index in [2.05, 4.69) is 19.2 Å². The van der Waals surface area contributed by atoms with Gasteiger partial charge in [0.2, 0.25) is 0 Å². The summed E-state index contributed by atoms with van der Waals surface area (Å²) >= 11 is 0. The zero-order valence-electron chi connectivity index (χ0n) is 13.1. The fraction of sp³-hybridized carbons (Fsp3) is 0.412. The molecule has 116 valence electrons. The van der Waals surface area contributed by atoms with Crippen LogP contribution in [0.4, 0.5) is 0 Å². The summed E-state index contributed by atoms with van der Waals surface area (Å²) in [5, 5.41) is 3.91. The molecule has 5 heteroatoms. The number of nitrogens with zero attached hydrogens (tertiary/aromatic N) is 1. The molecule has 0 aliphatic carbocycles. The fourth-order valence-electron chi connectivity index (χ4n) is 2.95. The van der Waals surface area contributed by atoms with Gasteiger partial charge in [-0.05, 0) is 38.0 Å². The van der Waals surface area contributed by atoms with Crippen molar-refractivity contribution in [2.75, 3.05) is 13.2 Å². The lowest BCUT2D eigenvalue weighted by molar-refractivity contribution is 0.0526. The van der Waals surface area contributed by atoms with Crippen LogP contribution in [0.3, 0.4) is 0 Å². The van der Waals surface area contributed by atoms with E-state index in [0.717, 1.165) is 10.9 Å². The molecule has 1 N–H and O–H groups in total. The molecule has 0 radical (unpaired) electrons. The average Bonchev–Trinajstić information content (AvgIpc) is 2.85. The van der Waals surface area contributed by atoms with Gasteiger partial charge in [-0.25, -0.2) is 4.79 Å². The number of esters is 1. The van der Waals surface area contributed by atoms with Gasteiger partial charge < -0.3 is 14.6 Å². The maximum absolute atomic E-state index is 12.3. The van der Waals surface area contributed by atoms with Crippen LogP contribution in [0.2, 0.25) is 0 Å². The first kappa shape index (κ1) is 14.6. The van der Waals surface area contributed by atoms with Gasteiger partial charge in [0.15, 0.2) is 0 Å². The molecule has 0 spiro atoms.